The molecule has 0 bridgehead atoms. The lowest BCUT2D eigenvalue weighted by molar-refractivity contribution is 0.248. The highest BCUT2D eigenvalue weighted by atomic mass is 15.2. The molecule has 1 heterocycles. The molecular weight excluding hydrogens is 194 g/mol. The van der Waals surface area contributed by atoms with Crippen LogP contribution in [-0.2, 0) is 0 Å². The van der Waals surface area contributed by atoms with E-state index in [1.807, 2.05) is 0 Å². The van der Waals surface area contributed by atoms with Crippen LogP contribution in [0.4, 0.5) is 0 Å². The lowest BCUT2D eigenvalue weighted by Gasteiger charge is -2.29. The fourth-order valence-corrected chi connectivity index (χ4v) is 3.31. The first-order valence-electron chi connectivity index (χ1n) is 6.37. The molecule has 90 valence electrons. The van der Waals surface area contributed by atoms with Gasteiger partial charge < -0.3 is 4.90 Å². The Kier molecular flexibility index (Phi) is 2.49. The zero-order valence-electron chi connectivity index (χ0n) is 11.4. The van der Waals surface area contributed by atoms with Crippen molar-refractivity contribution in [1.82, 2.24) is 4.90 Å². The third-order valence-electron chi connectivity index (χ3n) is 4.80. The number of likely N-dealkylation sites (N-methyl/N-ethyl adjacent to an activating group) is 1. The first-order valence-corrected chi connectivity index (χ1v) is 6.37. The highest BCUT2D eigenvalue weighted by Gasteiger charge is 2.47. The molecule has 1 aliphatic carbocycles. The fourth-order valence-electron chi connectivity index (χ4n) is 3.31. The first kappa shape index (κ1) is 11.8. The molecule has 1 aliphatic heterocycles. The van der Waals surface area contributed by atoms with Crippen molar-refractivity contribution in [2.45, 2.75) is 46.6 Å². The summed E-state index contributed by atoms with van der Waals surface area (Å²) in [6.07, 6.45) is 7.41. The van der Waals surface area contributed by atoms with Gasteiger partial charge in [-0.1, -0.05) is 46.4 Å². The quantitative estimate of drug-likeness (QED) is 0.560. The molecule has 0 aromatic carbocycles. The molecule has 1 fully saturated rings. The number of nitrogens with zero attached hydrogens (tertiary/aromatic N) is 1. The van der Waals surface area contributed by atoms with E-state index in [1.54, 1.807) is 0 Å². The molecule has 2 aliphatic rings. The summed E-state index contributed by atoms with van der Waals surface area (Å²) in [5.41, 5.74) is 1.92. The van der Waals surface area contributed by atoms with Gasteiger partial charge in [-0.3, -0.25) is 0 Å². The Morgan fingerprint density at radius 1 is 1.31 bits per heavy atom. The predicted molar refractivity (Wildman–Crippen MR) is 70.1 cm³/mol. The zero-order valence-corrected chi connectivity index (χ0v) is 11.4. The summed E-state index contributed by atoms with van der Waals surface area (Å²) in [4.78, 5) is 2.38. The smallest absolute Gasteiger partial charge is 0.0504 e. The molecule has 1 nitrogen and oxygen atoms in total. The zero-order chi connectivity index (χ0) is 12.1. The minimum atomic E-state index is 0.254. The number of rotatable bonds is 0. The Hall–Kier alpha value is -0.720. The van der Waals surface area contributed by atoms with E-state index in [1.165, 1.54) is 18.5 Å². The molecule has 2 rings (SSSR count). The van der Waals surface area contributed by atoms with Crippen LogP contribution in [0.1, 0.15) is 40.5 Å². The van der Waals surface area contributed by atoms with Gasteiger partial charge in [0.2, 0.25) is 0 Å². The predicted octanol–water partition coefficient (Wildman–Crippen LogP) is 3.83. The van der Waals surface area contributed by atoms with E-state index < -0.39 is 0 Å². The molecule has 16 heavy (non-hydrogen) atoms. The Labute approximate surface area is 100 Å². The van der Waals surface area contributed by atoms with Gasteiger partial charge in [0.15, 0.2) is 0 Å². The van der Waals surface area contributed by atoms with Crippen LogP contribution in [0, 0.1) is 16.7 Å². The number of hydrogen-bond donors (Lipinski definition) is 0. The van der Waals surface area contributed by atoms with Crippen LogP contribution in [-0.4, -0.2) is 18.0 Å². The molecule has 0 aromatic heterocycles. The van der Waals surface area contributed by atoms with Crippen molar-refractivity contribution >= 4 is 0 Å². The summed E-state index contributed by atoms with van der Waals surface area (Å²) in [5.74, 6) is 0.725. The maximum Gasteiger partial charge on any atom is 0.0504 e. The highest BCUT2D eigenvalue weighted by molar-refractivity contribution is 5.24. The average Bonchev–Trinajstić information content (AvgIpc) is 2.33. The molecule has 0 spiro atoms. The Morgan fingerprint density at radius 3 is 2.56 bits per heavy atom. The minimum absolute atomic E-state index is 0.254. The van der Waals surface area contributed by atoms with E-state index >= 15 is 0 Å². The Bertz CT molecular complexity index is 335. The maximum atomic E-state index is 4.27. The maximum absolute atomic E-state index is 4.27. The topological polar surface area (TPSA) is 3.24 Å². The van der Waals surface area contributed by atoms with Crippen molar-refractivity contribution in [2.24, 2.45) is 16.7 Å². The average molecular weight is 219 g/mol. The van der Waals surface area contributed by atoms with Gasteiger partial charge in [-0.05, 0) is 24.2 Å². The molecular formula is C15H25N. The Balaban J connectivity index is 2.35. The summed E-state index contributed by atoms with van der Waals surface area (Å²) in [6, 6.07) is 0.560. The minimum Gasteiger partial charge on any atom is -0.371 e. The summed E-state index contributed by atoms with van der Waals surface area (Å²) in [7, 11) is 2.19. The molecule has 0 N–H and O–H groups in total. The number of hydrogen-bond acceptors (Lipinski definition) is 1. The molecule has 0 radical (unpaired) electrons. The van der Waals surface area contributed by atoms with Gasteiger partial charge in [-0.25, -0.2) is 0 Å². The van der Waals surface area contributed by atoms with Crippen molar-refractivity contribution in [3.05, 3.63) is 24.4 Å². The van der Waals surface area contributed by atoms with Gasteiger partial charge in [0.1, 0.15) is 0 Å². The van der Waals surface area contributed by atoms with E-state index in [4.69, 9.17) is 0 Å². The third kappa shape index (κ3) is 1.61. The monoisotopic (exact) mass is 219 g/mol. The molecule has 1 heteroatoms. The Morgan fingerprint density at radius 2 is 1.94 bits per heavy atom. The molecule has 0 saturated carbocycles. The van der Waals surface area contributed by atoms with Crippen LogP contribution in [0.15, 0.2) is 24.4 Å². The van der Waals surface area contributed by atoms with Crippen molar-refractivity contribution in [3.8, 4) is 0 Å². The van der Waals surface area contributed by atoms with E-state index in [2.05, 4.69) is 58.4 Å². The van der Waals surface area contributed by atoms with Gasteiger partial charge in [0.05, 0.1) is 6.04 Å². The van der Waals surface area contributed by atoms with E-state index in [9.17, 15) is 0 Å². The van der Waals surface area contributed by atoms with Crippen molar-refractivity contribution in [2.75, 3.05) is 7.05 Å². The van der Waals surface area contributed by atoms with Gasteiger partial charge >= 0.3 is 0 Å². The lowest BCUT2D eigenvalue weighted by atomic mass is 9.74. The lowest BCUT2D eigenvalue weighted by Crippen LogP contribution is -2.27. The van der Waals surface area contributed by atoms with Crippen molar-refractivity contribution < 1.29 is 0 Å². The SMILES string of the molecule is C=C1N(C)C2C=CC(C)(C)CCC2C1(C)C. The molecule has 1 saturated heterocycles. The molecule has 0 amide bonds. The summed E-state index contributed by atoms with van der Waals surface area (Å²) in [5, 5.41) is 0. The van der Waals surface area contributed by atoms with Crippen LogP contribution < -0.4 is 0 Å². The molecule has 0 aromatic rings. The summed E-state index contributed by atoms with van der Waals surface area (Å²) in [6.45, 7) is 13.7. The summed E-state index contributed by atoms with van der Waals surface area (Å²) >= 11 is 0. The van der Waals surface area contributed by atoms with Crippen LogP contribution in [0.2, 0.25) is 0 Å². The third-order valence-corrected chi connectivity index (χ3v) is 4.80. The molecule has 2 unspecified atom stereocenters. The second-order valence-electron chi connectivity index (χ2n) is 6.76. The second kappa shape index (κ2) is 3.38. The second-order valence-corrected chi connectivity index (χ2v) is 6.76. The summed E-state index contributed by atoms with van der Waals surface area (Å²) < 4.78 is 0. The fraction of sp³-hybridized carbons (Fsp3) is 0.733. The first-order chi connectivity index (χ1) is 7.26. The van der Waals surface area contributed by atoms with Crippen molar-refractivity contribution in [1.29, 1.82) is 0 Å². The number of allylic oxidation sites excluding steroid dienone is 2. The highest BCUT2D eigenvalue weighted by Crippen LogP contribution is 2.51. The van der Waals surface area contributed by atoms with Gasteiger partial charge in [0.25, 0.3) is 0 Å². The largest absolute Gasteiger partial charge is 0.371 e. The number of likely N-dealkylation sites (tertiary alicyclic amines) is 1. The van der Waals surface area contributed by atoms with Crippen LogP contribution >= 0.6 is 0 Å². The van der Waals surface area contributed by atoms with Gasteiger partial charge in [-0.15, -0.1) is 0 Å². The van der Waals surface area contributed by atoms with Crippen LogP contribution in [0.25, 0.3) is 0 Å². The van der Waals surface area contributed by atoms with E-state index in [-0.39, 0.29) is 5.41 Å². The van der Waals surface area contributed by atoms with Gasteiger partial charge in [-0.2, -0.15) is 0 Å². The normalized spacial score (nSPS) is 36.1. The van der Waals surface area contributed by atoms with Crippen LogP contribution in [0.5, 0.6) is 0 Å². The van der Waals surface area contributed by atoms with Crippen molar-refractivity contribution in [3.63, 3.8) is 0 Å². The van der Waals surface area contributed by atoms with Gasteiger partial charge in [0, 0.05) is 18.2 Å². The van der Waals surface area contributed by atoms with E-state index in [0.29, 0.717) is 11.5 Å². The standard InChI is InChI=1S/C15H25N/c1-11-15(4,5)12-7-9-14(2,3)10-8-13(12)16(11)6/h8,10,12-13H,1,7,9H2,2-6H3. The van der Waals surface area contributed by atoms with E-state index in [0.717, 1.165) is 5.92 Å². The molecule has 2 atom stereocenters. The number of fused-ring (bicyclic) bond motifs is 1. The van der Waals surface area contributed by atoms with Crippen LogP contribution in [0.3, 0.4) is 0 Å².